The zero-order chi connectivity index (χ0) is 13.0. The maximum absolute atomic E-state index is 11.4. The average Bonchev–Trinajstić information content (AvgIpc) is 2.66. The number of aromatic nitrogens is 1. The number of anilines is 2. The molecule has 2 heterocycles. The number of hydrogen-bond donors (Lipinski definition) is 2. The second kappa shape index (κ2) is 5.56. The lowest BCUT2D eigenvalue weighted by Gasteiger charge is -2.12. The molecule has 0 spiro atoms. The monoisotopic (exact) mass is 269 g/mol. The largest absolute Gasteiger partial charge is 0.370 e. The summed E-state index contributed by atoms with van der Waals surface area (Å²) in [6.07, 6.45) is 1.71. The van der Waals surface area contributed by atoms with Crippen molar-refractivity contribution in [2.75, 3.05) is 28.7 Å². The van der Waals surface area contributed by atoms with E-state index in [0.717, 1.165) is 24.6 Å². The van der Waals surface area contributed by atoms with Crippen molar-refractivity contribution in [2.24, 2.45) is 0 Å². The van der Waals surface area contributed by atoms with E-state index in [1.807, 2.05) is 18.2 Å². The van der Waals surface area contributed by atoms with Crippen molar-refractivity contribution in [3.8, 4) is 0 Å². The van der Waals surface area contributed by atoms with Crippen LogP contribution in [0.2, 0.25) is 0 Å². The summed E-state index contributed by atoms with van der Waals surface area (Å²) in [4.78, 5) is 4.40. The van der Waals surface area contributed by atoms with E-state index >= 15 is 0 Å². The van der Waals surface area contributed by atoms with Crippen molar-refractivity contribution in [2.45, 2.75) is 25.8 Å². The lowest BCUT2D eigenvalue weighted by Crippen LogP contribution is -2.21. The minimum Gasteiger partial charge on any atom is -0.370 e. The molecule has 100 valence electrons. The van der Waals surface area contributed by atoms with Crippen LogP contribution in [0.5, 0.6) is 0 Å². The maximum atomic E-state index is 11.4. The summed E-state index contributed by atoms with van der Waals surface area (Å²) in [6, 6.07) is 5.68. The number of nitrogens with one attached hydrogen (secondary N) is 2. The molecule has 2 N–H and O–H groups in total. The van der Waals surface area contributed by atoms with E-state index in [1.54, 1.807) is 0 Å². The highest BCUT2D eigenvalue weighted by Crippen LogP contribution is 2.17. The fourth-order valence-corrected chi connectivity index (χ4v) is 3.66. The molecule has 0 aliphatic carbocycles. The Morgan fingerprint density at radius 3 is 2.83 bits per heavy atom. The van der Waals surface area contributed by atoms with Gasteiger partial charge in [0, 0.05) is 12.6 Å². The molecule has 6 heteroatoms. The first kappa shape index (κ1) is 13.1. The molecule has 1 aromatic rings. The van der Waals surface area contributed by atoms with Crippen molar-refractivity contribution < 1.29 is 8.42 Å². The van der Waals surface area contributed by atoms with Gasteiger partial charge >= 0.3 is 0 Å². The number of hydrogen-bond acceptors (Lipinski definition) is 5. The number of rotatable bonds is 5. The van der Waals surface area contributed by atoms with Gasteiger partial charge in [-0.3, -0.25) is 0 Å². The first-order chi connectivity index (χ1) is 8.59. The number of sulfone groups is 1. The Morgan fingerprint density at radius 2 is 2.17 bits per heavy atom. The van der Waals surface area contributed by atoms with Crippen LogP contribution in [0.4, 0.5) is 11.6 Å². The third kappa shape index (κ3) is 3.60. The fraction of sp³-hybridized carbons (Fsp3) is 0.583. The van der Waals surface area contributed by atoms with Crippen LogP contribution in [-0.4, -0.2) is 37.5 Å². The zero-order valence-electron chi connectivity index (χ0n) is 10.5. The van der Waals surface area contributed by atoms with Gasteiger partial charge in [-0.1, -0.05) is 13.0 Å². The molecule has 1 aromatic heterocycles. The summed E-state index contributed by atoms with van der Waals surface area (Å²) in [7, 11) is -2.85. The standard InChI is InChI=1S/C12H19N3O2S/c1-2-7-13-11-4-3-5-12(15-11)14-10-6-8-18(16,17)9-10/h3-5,10H,2,6-9H2,1H3,(H2,13,14,15). The average molecular weight is 269 g/mol. The van der Waals surface area contributed by atoms with E-state index in [9.17, 15) is 8.42 Å². The first-order valence-electron chi connectivity index (χ1n) is 6.27. The van der Waals surface area contributed by atoms with E-state index in [2.05, 4.69) is 22.5 Å². The van der Waals surface area contributed by atoms with Gasteiger partial charge in [0.05, 0.1) is 11.5 Å². The Labute approximate surface area is 108 Å². The third-order valence-corrected chi connectivity index (χ3v) is 4.66. The van der Waals surface area contributed by atoms with Gasteiger partial charge in [0.1, 0.15) is 11.6 Å². The minimum absolute atomic E-state index is 0.0103. The molecule has 18 heavy (non-hydrogen) atoms. The lowest BCUT2D eigenvalue weighted by atomic mass is 10.2. The van der Waals surface area contributed by atoms with Crippen LogP contribution in [0.15, 0.2) is 18.2 Å². The maximum Gasteiger partial charge on any atom is 0.152 e. The van der Waals surface area contributed by atoms with Gasteiger partial charge in [0.25, 0.3) is 0 Å². The van der Waals surface area contributed by atoms with E-state index in [4.69, 9.17) is 0 Å². The molecule has 1 atom stereocenters. The highest BCUT2D eigenvalue weighted by atomic mass is 32.2. The molecule has 5 nitrogen and oxygen atoms in total. The molecule has 2 rings (SSSR count). The second-order valence-electron chi connectivity index (χ2n) is 4.58. The van der Waals surface area contributed by atoms with Crippen LogP contribution >= 0.6 is 0 Å². The quantitative estimate of drug-likeness (QED) is 0.847. The molecule has 0 radical (unpaired) electrons. The van der Waals surface area contributed by atoms with Crippen molar-refractivity contribution in [1.29, 1.82) is 0 Å². The van der Waals surface area contributed by atoms with Crippen molar-refractivity contribution in [1.82, 2.24) is 4.98 Å². The SMILES string of the molecule is CCCNc1cccc(NC2CCS(=O)(=O)C2)n1. The Kier molecular flexibility index (Phi) is 4.06. The summed E-state index contributed by atoms with van der Waals surface area (Å²) in [5.74, 6) is 2.04. The van der Waals surface area contributed by atoms with Crippen LogP contribution in [0.3, 0.4) is 0 Å². The zero-order valence-corrected chi connectivity index (χ0v) is 11.3. The third-order valence-electron chi connectivity index (χ3n) is 2.89. The van der Waals surface area contributed by atoms with Gasteiger partial charge in [0.2, 0.25) is 0 Å². The molecule has 1 aliphatic rings. The van der Waals surface area contributed by atoms with Crippen molar-refractivity contribution >= 4 is 21.5 Å². The molecule has 0 aromatic carbocycles. The summed E-state index contributed by atoms with van der Waals surface area (Å²) in [5, 5.41) is 6.39. The van der Waals surface area contributed by atoms with Crippen molar-refractivity contribution in [3.63, 3.8) is 0 Å². The second-order valence-corrected chi connectivity index (χ2v) is 6.81. The van der Waals surface area contributed by atoms with E-state index < -0.39 is 9.84 Å². The van der Waals surface area contributed by atoms with E-state index in [1.165, 1.54) is 0 Å². The molecule has 0 saturated carbocycles. The Hall–Kier alpha value is -1.30. The Balaban J connectivity index is 1.97. The van der Waals surface area contributed by atoms with E-state index in [-0.39, 0.29) is 17.5 Å². The van der Waals surface area contributed by atoms with Crippen LogP contribution in [0, 0.1) is 0 Å². The molecule has 1 unspecified atom stereocenters. The summed E-state index contributed by atoms with van der Waals surface area (Å²) >= 11 is 0. The smallest absolute Gasteiger partial charge is 0.152 e. The highest BCUT2D eigenvalue weighted by Gasteiger charge is 2.27. The number of nitrogens with zero attached hydrogens (tertiary/aromatic N) is 1. The number of pyridine rings is 1. The molecular formula is C12H19N3O2S. The predicted molar refractivity (Wildman–Crippen MR) is 73.7 cm³/mol. The van der Waals surface area contributed by atoms with Crippen LogP contribution in [0.25, 0.3) is 0 Å². The van der Waals surface area contributed by atoms with Gasteiger partial charge < -0.3 is 10.6 Å². The lowest BCUT2D eigenvalue weighted by molar-refractivity contribution is 0.602. The highest BCUT2D eigenvalue weighted by molar-refractivity contribution is 7.91. The van der Waals surface area contributed by atoms with Gasteiger partial charge in [-0.15, -0.1) is 0 Å². The molecule has 0 amide bonds. The topological polar surface area (TPSA) is 71.1 Å². The first-order valence-corrected chi connectivity index (χ1v) is 8.09. The van der Waals surface area contributed by atoms with Crippen molar-refractivity contribution in [3.05, 3.63) is 18.2 Å². The van der Waals surface area contributed by atoms with E-state index in [0.29, 0.717) is 6.42 Å². The molecule has 1 saturated heterocycles. The molecular weight excluding hydrogens is 250 g/mol. The summed E-state index contributed by atoms with van der Waals surface area (Å²) < 4.78 is 22.7. The Morgan fingerprint density at radius 1 is 1.39 bits per heavy atom. The Bertz CT molecular complexity index is 502. The normalized spacial score (nSPS) is 21.7. The summed E-state index contributed by atoms with van der Waals surface area (Å²) in [5.41, 5.74) is 0. The van der Waals surface area contributed by atoms with Crippen LogP contribution < -0.4 is 10.6 Å². The van der Waals surface area contributed by atoms with Gasteiger partial charge in [-0.05, 0) is 25.0 Å². The van der Waals surface area contributed by atoms with Crippen LogP contribution in [-0.2, 0) is 9.84 Å². The van der Waals surface area contributed by atoms with Gasteiger partial charge in [0.15, 0.2) is 9.84 Å². The van der Waals surface area contributed by atoms with Gasteiger partial charge in [-0.25, -0.2) is 13.4 Å². The molecule has 0 bridgehead atoms. The fourth-order valence-electron chi connectivity index (χ4n) is 1.98. The molecule has 1 fully saturated rings. The van der Waals surface area contributed by atoms with Crippen LogP contribution in [0.1, 0.15) is 19.8 Å². The molecule has 1 aliphatic heterocycles. The summed E-state index contributed by atoms with van der Waals surface area (Å²) in [6.45, 7) is 2.98. The predicted octanol–water partition coefficient (Wildman–Crippen LogP) is 1.50. The minimum atomic E-state index is -2.85. The van der Waals surface area contributed by atoms with Gasteiger partial charge in [-0.2, -0.15) is 0 Å².